The molecule has 2 aromatic rings. The van der Waals surface area contributed by atoms with E-state index in [2.05, 4.69) is 40.7 Å². The first-order valence-corrected chi connectivity index (χ1v) is 9.37. The molecule has 1 aliphatic carbocycles. The summed E-state index contributed by atoms with van der Waals surface area (Å²) in [6, 6.07) is 8.31. The quantitative estimate of drug-likeness (QED) is 0.935. The van der Waals surface area contributed by atoms with Crippen LogP contribution in [0.2, 0.25) is 0 Å². The molecule has 0 radical (unpaired) electrons. The van der Waals surface area contributed by atoms with Crippen molar-refractivity contribution in [1.82, 2.24) is 9.97 Å². The number of nitrogens with one attached hydrogen (secondary N) is 1. The second-order valence-corrected chi connectivity index (χ2v) is 8.64. The molecule has 1 aliphatic rings. The number of hydrogen-bond donors (Lipinski definition) is 1. The number of benzene rings is 1. The maximum atomic E-state index is 12.0. The Labute approximate surface area is 137 Å². The highest BCUT2D eigenvalue weighted by atomic mass is 32.2. The van der Waals surface area contributed by atoms with Gasteiger partial charge in [0.25, 0.3) is 0 Å². The van der Waals surface area contributed by atoms with Crippen molar-refractivity contribution >= 4 is 15.8 Å². The Morgan fingerprint density at radius 1 is 1.26 bits per heavy atom. The number of anilines is 1. The van der Waals surface area contributed by atoms with E-state index in [9.17, 15) is 8.42 Å². The molecule has 3 rings (SSSR count). The molecule has 0 bridgehead atoms. The number of hydrogen-bond acceptors (Lipinski definition) is 4. The fraction of sp³-hybridized carbons (Fsp3) is 0.412. The van der Waals surface area contributed by atoms with Gasteiger partial charge in [0.05, 0.1) is 5.75 Å². The monoisotopic (exact) mass is 331 g/mol. The van der Waals surface area contributed by atoms with Crippen LogP contribution in [0.5, 0.6) is 0 Å². The van der Waals surface area contributed by atoms with Crippen molar-refractivity contribution in [3.63, 3.8) is 0 Å². The van der Waals surface area contributed by atoms with Crippen LogP contribution in [0.1, 0.15) is 43.4 Å². The number of sulfonamides is 1. The van der Waals surface area contributed by atoms with Gasteiger partial charge in [0.1, 0.15) is 12.1 Å². The van der Waals surface area contributed by atoms with Crippen molar-refractivity contribution in [2.75, 3.05) is 10.5 Å². The Morgan fingerprint density at radius 3 is 2.74 bits per heavy atom. The molecule has 5 nitrogen and oxygen atoms in total. The van der Waals surface area contributed by atoms with E-state index < -0.39 is 10.0 Å². The molecule has 1 aromatic carbocycles. The van der Waals surface area contributed by atoms with Gasteiger partial charge < -0.3 is 0 Å². The minimum absolute atomic E-state index is 0.0150. The third-order valence-corrected chi connectivity index (χ3v) is 5.74. The first-order valence-electron chi connectivity index (χ1n) is 7.72. The minimum atomic E-state index is -3.38. The van der Waals surface area contributed by atoms with Crippen molar-refractivity contribution in [2.45, 2.75) is 33.1 Å². The van der Waals surface area contributed by atoms with Gasteiger partial charge in [-0.25, -0.2) is 18.4 Å². The third-order valence-electron chi connectivity index (χ3n) is 4.48. The maximum Gasteiger partial charge on any atom is 0.233 e. The summed E-state index contributed by atoms with van der Waals surface area (Å²) < 4.78 is 26.5. The second kappa shape index (κ2) is 5.60. The molecule has 6 heteroatoms. The smallest absolute Gasteiger partial charge is 0.233 e. The Kier molecular flexibility index (Phi) is 3.88. The van der Waals surface area contributed by atoms with Crippen LogP contribution in [0.25, 0.3) is 0 Å². The Hall–Kier alpha value is -1.95. The summed E-state index contributed by atoms with van der Waals surface area (Å²) in [5.74, 6) is 0.465. The number of aromatic nitrogens is 2. The van der Waals surface area contributed by atoms with Crippen LogP contribution in [0.15, 0.2) is 36.8 Å². The molecule has 0 fully saturated rings. The fourth-order valence-corrected chi connectivity index (χ4v) is 4.05. The van der Waals surface area contributed by atoms with E-state index in [1.807, 2.05) is 12.1 Å². The Bertz CT molecular complexity index is 831. The largest absolute Gasteiger partial charge is 0.267 e. The average Bonchev–Trinajstić information content (AvgIpc) is 2.77. The van der Waals surface area contributed by atoms with Gasteiger partial charge >= 0.3 is 0 Å². The van der Waals surface area contributed by atoms with Crippen molar-refractivity contribution in [3.8, 4) is 0 Å². The van der Waals surface area contributed by atoms with Gasteiger partial charge in [-0.05, 0) is 29.9 Å². The Balaban J connectivity index is 2.12. The molecule has 1 N–H and O–H groups in total. The minimum Gasteiger partial charge on any atom is -0.267 e. The van der Waals surface area contributed by atoms with Crippen molar-refractivity contribution < 1.29 is 8.42 Å². The summed E-state index contributed by atoms with van der Waals surface area (Å²) in [6.45, 7) is 6.00. The summed E-state index contributed by atoms with van der Waals surface area (Å²) in [5.41, 5.74) is 3.33. The van der Waals surface area contributed by atoms with Crippen LogP contribution in [0.3, 0.4) is 0 Å². The van der Waals surface area contributed by atoms with Crippen LogP contribution in [0.4, 0.5) is 5.82 Å². The van der Waals surface area contributed by atoms with E-state index in [-0.39, 0.29) is 17.1 Å². The van der Waals surface area contributed by atoms with Crippen LogP contribution in [0, 0.1) is 5.41 Å². The van der Waals surface area contributed by atoms with Crippen LogP contribution < -0.4 is 4.72 Å². The molecule has 1 atom stereocenters. The normalized spacial score (nSPS) is 19.3. The lowest BCUT2D eigenvalue weighted by atomic mass is 9.76. The maximum absolute atomic E-state index is 12.0. The number of nitrogens with zero attached hydrogens (tertiary/aromatic N) is 2. The molecular weight excluding hydrogens is 310 g/mol. The number of fused-ring (bicyclic) bond motifs is 1. The van der Waals surface area contributed by atoms with Crippen molar-refractivity contribution in [1.29, 1.82) is 0 Å². The van der Waals surface area contributed by atoms with E-state index in [1.165, 1.54) is 17.5 Å². The van der Waals surface area contributed by atoms with E-state index in [0.717, 1.165) is 12.0 Å². The molecule has 0 aliphatic heterocycles. The predicted octanol–water partition coefficient (Wildman–Crippen LogP) is 2.95. The molecule has 1 unspecified atom stereocenters. The van der Waals surface area contributed by atoms with Gasteiger partial charge in [-0.3, -0.25) is 4.72 Å². The topological polar surface area (TPSA) is 72.0 Å². The number of rotatable bonds is 4. The lowest BCUT2D eigenvalue weighted by Crippen LogP contribution is -2.23. The predicted molar refractivity (Wildman–Crippen MR) is 90.9 cm³/mol. The van der Waals surface area contributed by atoms with Gasteiger partial charge in [0, 0.05) is 17.7 Å². The zero-order valence-corrected chi connectivity index (χ0v) is 14.4. The van der Waals surface area contributed by atoms with E-state index in [0.29, 0.717) is 5.82 Å². The van der Waals surface area contributed by atoms with Gasteiger partial charge in [0.15, 0.2) is 0 Å². The van der Waals surface area contributed by atoms with Gasteiger partial charge in [0.2, 0.25) is 10.0 Å². The molecule has 0 saturated heterocycles. The SMILES string of the molecule is CCS(=O)(=O)Nc1ncncc1C1c2ccccc2CC1(C)C. The lowest BCUT2D eigenvalue weighted by molar-refractivity contribution is 0.346. The van der Waals surface area contributed by atoms with E-state index in [1.54, 1.807) is 13.1 Å². The highest BCUT2D eigenvalue weighted by Gasteiger charge is 2.41. The van der Waals surface area contributed by atoms with Gasteiger partial charge in [-0.1, -0.05) is 38.1 Å². The van der Waals surface area contributed by atoms with Crippen LogP contribution >= 0.6 is 0 Å². The Morgan fingerprint density at radius 2 is 2.00 bits per heavy atom. The summed E-state index contributed by atoms with van der Waals surface area (Å²) in [6.07, 6.45) is 4.06. The molecule has 122 valence electrons. The third kappa shape index (κ3) is 2.95. The summed E-state index contributed by atoms with van der Waals surface area (Å²) >= 11 is 0. The van der Waals surface area contributed by atoms with Crippen LogP contribution in [-0.2, 0) is 16.4 Å². The summed E-state index contributed by atoms with van der Waals surface area (Å²) in [5, 5.41) is 0. The molecular formula is C17H21N3O2S. The molecule has 1 heterocycles. The molecule has 0 amide bonds. The molecule has 1 aromatic heterocycles. The highest BCUT2D eigenvalue weighted by molar-refractivity contribution is 7.92. The zero-order valence-electron chi connectivity index (χ0n) is 13.6. The van der Waals surface area contributed by atoms with Gasteiger partial charge in [-0.2, -0.15) is 0 Å². The summed E-state index contributed by atoms with van der Waals surface area (Å²) in [7, 11) is -3.38. The lowest BCUT2D eigenvalue weighted by Gasteiger charge is -2.29. The van der Waals surface area contributed by atoms with E-state index in [4.69, 9.17) is 0 Å². The van der Waals surface area contributed by atoms with Crippen molar-refractivity contribution in [3.05, 3.63) is 53.5 Å². The fourth-order valence-electron chi connectivity index (χ4n) is 3.44. The summed E-state index contributed by atoms with van der Waals surface area (Å²) in [4.78, 5) is 8.33. The molecule has 0 spiro atoms. The first kappa shape index (κ1) is 15.9. The molecule has 23 heavy (non-hydrogen) atoms. The van der Waals surface area contributed by atoms with Crippen molar-refractivity contribution in [2.24, 2.45) is 5.41 Å². The standard InChI is InChI=1S/C17H21N3O2S/c1-4-23(21,22)20-16-14(10-18-11-19-16)15-13-8-6-5-7-12(13)9-17(15,2)3/h5-8,10-11,15H,4,9H2,1-3H3,(H,18,19,20). The zero-order chi connectivity index (χ0) is 16.7. The first-order chi connectivity index (χ1) is 10.8. The van der Waals surface area contributed by atoms with Gasteiger partial charge in [-0.15, -0.1) is 0 Å². The van der Waals surface area contributed by atoms with Crippen LogP contribution in [-0.4, -0.2) is 24.1 Å². The van der Waals surface area contributed by atoms with E-state index >= 15 is 0 Å². The average molecular weight is 331 g/mol. The second-order valence-electron chi connectivity index (χ2n) is 6.63. The highest BCUT2D eigenvalue weighted by Crippen LogP contribution is 2.51. The molecule has 0 saturated carbocycles.